The predicted octanol–water partition coefficient (Wildman–Crippen LogP) is 0.986. The first-order valence-corrected chi connectivity index (χ1v) is 7.63. The minimum absolute atomic E-state index is 0.0174. The van der Waals surface area contributed by atoms with Crippen molar-refractivity contribution >= 4 is 17.6 Å². The van der Waals surface area contributed by atoms with Crippen molar-refractivity contribution in [1.82, 2.24) is 19.9 Å². The molecule has 0 aliphatic heterocycles. The van der Waals surface area contributed by atoms with Gasteiger partial charge in [-0.05, 0) is 12.1 Å². The quantitative estimate of drug-likeness (QED) is 0.343. The Kier molecular flexibility index (Phi) is 6.91. The molecule has 0 radical (unpaired) electrons. The maximum Gasteiger partial charge on any atom is 0.408 e. The summed E-state index contributed by atoms with van der Waals surface area (Å²) in [7, 11) is 0. The third-order valence-corrected chi connectivity index (χ3v) is 2.72. The van der Waals surface area contributed by atoms with Gasteiger partial charge < -0.3 is 26.3 Å². The van der Waals surface area contributed by atoms with E-state index in [-0.39, 0.29) is 31.1 Å². The minimum Gasteiger partial charge on any atom is -0.463 e. The number of ether oxygens (including phenoxy) is 2. The molecule has 27 heavy (non-hydrogen) atoms. The Morgan fingerprint density at radius 1 is 1.07 bits per heavy atom. The fraction of sp³-hybridized carbons (Fsp3) is 0.357. The van der Waals surface area contributed by atoms with E-state index in [4.69, 9.17) is 20.9 Å². The number of alkyl halides is 3. The summed E-state index contributed by atoms with van der Waals surface area (Å²) in [6.07, 6.45) is -1.12. The van der Waals surface area contributed by atoms with Gasteiger partial charge in [-0.1, -0.05) is 0 Å². The fourth-order valence-electron chi connectivity index (χ4n) is 1.63. The Morgan fingerprint density at radius 3 is 2.33 bits per heavy atom. The van der Waals surface area contributed by atoms with Crippen LogP contribution in [0.1, 0.15) is 6.42 Å². The SMILES string of the molecule is NC(=NCC(F)(F)F)Nc1ccnc(OCCCOc2nccc(N)n2)n1. The maximum atomic E-state index is 12.1. The highest BCUT2D eigenvalue weighted by Crippen LogP contribution is 2.14. The van der Waals surface area contributed by atoms with E-state index in [1.54, 1.807) is 0 Å². The van der Waals surface area contributed by atoms with Crippen molar-refractivity contribution in [3.63, 3.8) is 0 Å². The number of nitrogens with two attached hydrogens (primary N) is 2. The van der Waals surface area contributed by atoms with Crippen LogP contribution in [0.25, 0.3) is 0 Å². The summed E-state index contributed by atoms with van der Waals surface area (Å²) in [5.74, 6) is 0.0207. The van der Waals surface area contributed by atoms with Crippen LogP contribution in [-0.2, 0) is 0 Å². The van der Waals surface area contributed by atoms with Gasteiger partial charge in [0, 0.05) is 18.8 Å². The molecule has 13 heteroatoms. The number of nitrogens with zero attached hydrogens (tertiary/aromatic N) is 5. The molecule has 0 unspecified atom stereocenters. The molecule has 2 heterocycles. The van der Waals surface area contributed by atoms with Crippen LogP contribution < -0.4 is 26.3 Å². The number of halogens is 3. The molecule has 2 aromatic heterocycles. The molecule has 5 N–H and O–H groups in total. The summed E-state index contributed by atoms with van der Waals surface area (Å²) in [6, 6.07) is 3.12. The third kappa shape index (κ3) is 8.02. The highest BCUT2D eigenvalue weighted by Gasteiger charge is 2.26. The summed E-state index contributed by atoms with van der Waals surface area (Å²) in [4.78, 5) is 18.8. The molecule has 0 atom stereocenters. The zero-order valence-electron chi connectivity index (χ0n) is 14.0. The number of aromatic nitrogens is 4. The lowest BCUT2D eigenvalue weighted by Crippen LogP contribution is -2.26. The lowest BCUT2D eigenvalue weighted by molar-refractivity contribution is -0.118. The van der Waals surface area contributed by atoms with Crippen molar-refractivity contribution in [2.45, 2.75) is 12.6 Å². The molecular weight excluding hydrogens is 369 g/mol. The second-order valence-corrected chi connectivity index (χ2v) is 4.98. The van der Waals surface area contributed by atoms with Crippen LogP contribution in [0.4, 0.5) is 24.8 Å². The van der Waals surface area contributed by atoms with Crippen LogP contribution in [0.5, 0.6) is 12.0 Å². The Bertz CT molecular complexity index is 772. The molecule has 2 aromatic rings. The van der Waals surface area contributed by atoms with E-state index in [1.165, 1.54) is 24.5 Å². The number of rotatable bonds is 8. The number of nitrogens with one attached hydrogen (secondary N) is 1. The van der Waals surface area contributed by atoms with Gasteiger partial charge in [0.25, 0.3) is 0 Å². The summed E-state index contributed by atoms with van der Waals surface area (Å²) in [5, 5.41) is 2.43. The zero-order chi connectivity index (χ0) is 19.7. The average Bonchev–Trinajstić information content (AvgIpc) is 2.60. The van der Waals surface area contributed by atoms with E-state index in [0.717, 1.165) is 0 Å². The molecule has 0 bridgehead atoms. The smallest absolute Gasteiger partial charge is 0.408 e. The molecule has 0 fully saturated rings. The highest BCUT2D eigenvalue weighted by molar-refractivity contribution is 5.91. The van der Waals surface area contributed by atoms with Crippen molar-refractivity contribution in [2.75, 3.05) is 30.8 Å². The maximum absolute atomic E-state index is 12.1. The molecule has 0 aromatic carbocycles. The number of hydrogen-bond donors (Lipinski definition) is 3. The Morgan fingerprint density at radius 2 is 1.70 bits per heavy atom. The van der Waals surface area contributed by atoms with E-state index in [0.29, 0.717) is 12.2 Å². The molecule has 0 saturated carbocycles. The monoisotopic (exact) mass is 386 g/mol. The first-order valence-electron chi connectivity index (χ1n) is 7.63. The minimum atomic E-state index is -4.44. The number of aliphatic imine (C=N–C) groups is 1. The van der Waals surface area contributed by atoms with Crippen LogP contribution in [-0.4, -0.2) is 51.8 Å². The first-order chi connectivity index (χ1) is 12.8. The standard InChI is InChI=1S/C14H17F3N8O2/c15-14(16,17)8-22-11(19)24-10-3-5-21-13(25-10)27-7-1-6-26-12-20-4-2-9(18)23-12/h2-5H,1,6-8H2,(H2,18,20,23)(H3,19,21,22,24,25). The highest BCUT2D eigenvalue weighted by atomic mass is 19.4. The van der Waals surface area contributed by atoms with Gasteiger partial charge in [-0.2, -0.15) is 23.1 Å². The van der Waals surface area contributed by atoms with Crippen molar-refractivity contribution in [1.29, 1.82) is 0 Å². The molecule has 2 rings (SSSR count). The Hall–Kier alpha value is -3.38. The van der Waals surface area contributed by atoms with Crippen LogP contribution in [0.3, 0.4) is 0 Å². The molecule has 10 nitrogen and oxygen atoms in total. The van der Waals surface area contributed by atoms with Crippen molar-refractivity contribution in [2.24, 2.45) is 10.7 Å². The van der Waals surface area contributed by atoms with Gasteiger partial charge in [-0.25, -0.2) is 15.0 Å². The summed E-state index contributed by atoms with van der Waals surface area (Å²) in [5.41, 5.74) is 10.9. The number of anilines is 2. The van der Waals surface area contributed by atoms with Gasteiger partial charge in [-0.15, -0.1) is 0 Å². The van der Waals surface area contributed by atoms with Gasteiger partial charge in [0.15, 0.2) is 5.96 Å². The van der Waals surface area contributed by atoms with Crippen LogP contribution >= 0.6 is 0 Å². The Balaban J connectivity index is 1.75. The van der Waals surface area contributed by atoms with Crippen molar-refractivity contribution in [3.8, 4) is 12.0 Å². The lowest BCUT2D eigenvalue weighted by Gasteiger charge is -2.08. The first kappa shape index (κ1) is 19.9. The van der Waals surface area contributed by atoms with Gasteiger partial charge in [0.1, 0.15) is 18.2 Å². The summed E-state index contributed by atoms with van der Waals surface area (Å²) in [6.45, 7) is -0.890. The summed E-state index contributed by atoms with van der Waals surface area (Å²) < 4.78 is 46.9. The Labute approximate surface area is 151 Å². The van der Waals surface area contributed by atoms with Crippen LogP contribution in [0, 0.1) is 0 Å². The molecule has 146 valence electrons. The topological polar surface area (TPSA) is 146 Å². The number of nitrogen functional groups attached to an aromatic ring is 1. The molecular formula is C14H17F3N8O2. The normalized spacial score (nSPS) is 11.9. The third-order valence-electron chi connectivity index (χ3n) is 2.72. The number of hydrogen-bond acceptors (Lipinski definition) is 8. The van der Waals surface area contributed by atoms with Gasteiger partial charge in [0.2, 0.25) is 0 Å². The molecule has 0 aliphatic rings. The lowest BCUT2D eigenvalue weighted by atomic mass is 10.5. The second-order valence-electron chi connectivity index (χ2n) is 4.98. The second kappa shape index (κ2) is 9.35. The summed E-state index contributed by atoms with van der Waals surface area (Å²) >= 11 is 0. The predicted molar refractivity (Wildman–Crippen MR) is 90.3 cm³/mol. The van der Waals surface area contributed by atoms with Gasteiger partial charge >= 0.3 is 18.2 Å². The van der Waals surface area contributed by atoms with E-state index in [2.05, 4.69) is 30.2 Å². The molecule has 0 saturated heterocycles. The van der Waals surface area contributed by atoms with Gasteiger partial charge in [0.05, 0.1) is 13.2 Å². The number of guanidine groups is 1. The van der Waals surface area contributed by atoms with Crippen molar-refractivity contribution in [3.05, 3.63) is 24.5 Å². The van der Waals surface area contributed by atoms with E-state index in [9.17, 15) is 13.2 Å². The molecule has 0 amide bonds. The average molecular weight is 386 g/mol. The van der Waals surface area contributed by atoms with Crippen LogP contribution in [0.15, 0.2) is 29.5 Å². The largest absolute Gasteiger partial charge is 0.463 e. The van der Waals surface area contributed by atoms with Crippen molar-refractivity contribution < 1.29 is 22.6 Å². The van der Waals surface area contributed by atoms with E-state index >= 15 is 0 Å². The fourth-order valence-corrected chi connectivity index (χ4v) is 1.63. The van der Waals surface area contributed by atoms with E-state index in [1.807, 2.05) is 0 Å². The van der Waals surface area contributed by atoms with Crippen LogP contribution in [0.2, 0.25) is 0 Å². The molecule has 0 spiro atoms. The zero-order valence-corrected chi connectivity index (χ0v) is 14.0. The molecule has 0 aliphatic carbocycles. The van der Waals surface area contributed by atoms with E-state index < -0.39 is 18.7 Å². The van der Waals surface area contributed by atoms with Gasteiger partial charge in [-0.3, -0.25) is 0 Å².